The van der Waals surface area contributed by atoms with E-state index in [0.29, 0.717) is 19.0 Å². The Morgan fingerprint density at radius 2 is 2.04 bits per heavy atom. The fourth-order valence-corrected chi connectivity index (χ4v) is 2.70. The Balaban J connectivity index is 1.95. The summed E-state index contributed by atoms with van der Waals surface area (Å²) in [6, 6.07) is 5.23. The van der Waals surface area contributed by atoms with E-state index in [0.717, 1.165) is 32.0 Å². The number of amides is 1. The number of piperidine rings is 1. The number of rotatable bonds is 5. The predicted octanol–water partition coefficient (Wildman–Crippen LogP) is 3.05. The zero-order chi connectivity index (χ0) is 16.9. The summed E-state index contributed by atoms with van der Waals surface area (Å²) in [5, 5.41) is 3.30. The first-order chi connectivity index (χ1) is 10.9. The van der Waals surface area contributed by atoms with Crippen molar-refractivity contribution >= 4 is 5.91 Å². The van der Waals surface area contributed by atoms with Crippen LogP contribution in [0.3, 0.4) is 0 Å². The van der Waals surface area contributed by atoms with Crippen LogP contribution in [-0.2, 0) is 0 Å². The molecule has 7 heteroatoms. The topological polar surface area (TPSA) is 41.6 Å². The van der Waals surface area contributed by atoms with Crippen LogP contribution in [-0.4, -0.2) is 43.3 Å². The van der Waals surface area contributed by atoms with Crippen molar-refractivity contribution in [1.29, 1.82) is 0 Å². The predicted molar refractivity (Wildman–Crippen MR) is 80.3 cm³/mol. The van der Waals surface area contributed by atoms with Crippen molar-refractivity contribution in [3.63, 3.8) is 0 Å². The molecule has 2 rings (SSSR count). The summed E-state index contributed by atoms with van der Waals surface area (Å²) in [6.45, 7) is 5.16. The van der Waals surface area contributed by atoms with Crippen LogP contribution >= 0.6 is 0 Å². The molecule has 4 nitrogen and oxygen atoms in total. The van der Waals surface area contributed by atoms with Gasteiger partial charge < -0.3 is 15.0 Å². The zero-order valence-corrected chi connectivity index (χ0v) is 13.0. The van der Waals surface area contributed by atoms with E-state index in [1.165, 1.54) is 18.2 Å². The molecule has 0 unspecified atom stereocenters. The molecule has 128 valence electrons. The van der Waals surface area contributed by atoms with Crippen molar-refractivity contribution in [2.45, 2.75) is 26.1 Å². The van der Waals surface area contributed by atoms with Gasteiger partial charge in [0.25, 0.3) is 5.91 Å². The number of ether oxygens (including phenoxy) is 1. The van der Waals surface area contributed by atoms with Gasteiger partial charge in [0.2, 0.25) is 0 Å². The molecule has 0 spiro atoms. The number of carbonyl (C=O) groups excluding carboxylic acids is 1. The van der Waals surface area contributed by atoms with E-state index in [9.17, 15) is 18.0 Å². The van der Waals surface area contributed by atoms with Crippen molar-refractivity contribution in [3.05, 3.63) is 29.8 Å². The second-order valence-electron chi connectivity index (χ2n) is 5.62. The number of likely N-dealkylation sites (tertiary alicyclic amines) is 1. The molecule has 1 saturated heterocycles. The van der Waals surface area contributed by atoms with Crippen LogP contribution in [0.2, 0.25) is 0 Å². The highest BCUT2D eigenvalue weighted by Gasteiger charge is 2.31. The molecule has 23 heavy (non-hydrogen) atoms. The summed E-state index contributed by atoms with van der Waals surface area (Å²) in [6.07, 6.45) is -2.96. The van der Waals surface area contributed by atoms with Gasteiger partial charge in [-0.15, -0.1) is 13.2 Å². The van der Waals surface area contributed by atoms with E-state index in [4.69, 9.17) is 0 Å². The van der Waals surface area contributed by atoms with Gasteiger partial charge in [-0.25, -0.2) is 0 Å². The Bertz CT molecular complexity index is 526. The van der Waals surface area contributed by atoms with Gasteiger partial charge in [-0.3, -0.25) is 4.79 Å². The van der Waals surface area contributed by atoms with Crippen LogP contribution in [0, 0.1) is 5.92 Å². The Kier molecular flexibility index (Phi) is 5.87. The third-order valence-electron chi connectivity index (χ3n) is 3.90. The molecule has 1 amide bonds. The Morgan fingerprint density at radius 1 is 1.35 bits per heavy atom. The molecule has 1 heterocycles. The number of carbonyl (C=O) groups is 1. The number of hydrogen-bond donors (Lipinski definition) is 1. The van der Waals surface area contributed by atoms with Gasteiger partial charge in [-0.2, -0.15) is 0 Å². The molecule has 0 aliphatic carbocycles. The van der Waals surface area contributed by atoms with Crippen molar-refractivity contribution in [2.24, 2.45) is 5.92 Å². The summed E-state index contributed by atoms with van der Waals surface area (Å²) >= 11 is 0. The molecule has 1 aromatic carbocycles. The third-order valence-corrected chi connectivity index (χ3v) is 3.90. The minimum absolute atomic E-state index is 0.219. The molecular formula is C16H21F3N2O2. The van der Waals surface area contributed by atoms with Gasteiger partial charge in [0.1, 0.15) is 5.75 Å². The molecule has 0 saturated carbocycles. The fraction of sp³-hybridized carbons (Fsp3) is 0.562. The summed E-state index contributed by atoms with van der Waals surface area (Å²) < 4.78 is 40.6. The normalized spacial score (nSPS) is 16.4. The van der Waals surface area contributed by atoms with E-state index >= 15 is 0 Å². The molecule has 0 radical (unpaired) electrons. The smallest absolute Gasteiger partial charge is 0.406 e. The number of halogens is 3. The summed E-state index contributed by atoms with van der Waals surface area (Å²) in [5.74, 6) is -0.0798. The van der Waals surface area contributed by atoms with E-state index in [1.54, 1.807) is 4.90 Å². The Labute approximate surface area is 133 Å². The quantitative estimate of drug-likeness (QED) is 0.902. The van der Waals surface area contributed by atoms with Crippen LogP contribution < -0.4 is 10.1 Å². The van der Waals surface area contributed by atoms with Crippen LogP contribution in [0.25, 0.3) is 0 Å². The second kappa shape index (κ2) is 7.68. The molecule has 0 bridgehead atoms. The van der Waals surface area contributed by atoms with Gasteiger partial charge in [-0.1, -0.05) is 13.0 Å². The average Bonchev–Trinajstić information content (AvgIpc) is 2.51. The maximum absolute atomic E-state index is 12.4. The van der Waals surface area contributed by atoms with Crippen LogP contribution in [0.15, 0.2) is 24.3 Å². The lowest BCUT2D eigenvalue weighted by molar-refractivity contribution is -0.274. The van der Waals surface area contributed by atoms with Crippen LogP contribution in [0.1, 0.15) is 30.1 Å². The van der Waals surface area contributed by atoms with Crippen molar-refractivity contribution in [2.75, 3.05) is 26.2 Å². The lowest BCUT2D eigenvalue weighted by Gasteiger charge is -2.32. The second-order valence-corrected chi connectivity index (χ2v) is 5.62. The first-order valence-electron chi connectivity index (χ1n) is 7.75. The van der Waals surface area contributed by atoms with Gasteiger partial charge in [0.05, 0.1) is 0 Å². The molecule has 1 aliphatic heterocycles. The number of hydrogen-bond acceptors (Lipinski definition) is 3. The standard InChI is InChI=1S/C16H21F3N2O2/c1-2-20-11-12-6-8-21(9-7-12)15(22)13-4-3-5-14(10-13)23-16(17,18)19/h3-5,10,12,20H,2,6-9,11H2,1H3. The number of benzene rings is 1. The summed E-state index contributed by atoms with van der Waals surface area (Å²) in [4.78, 5) is 14.1. The Hall–Kier alpha value is -1.76. The highest BCUT2D eigenvalue weighted by Crippen LogP contribution is 2.25. The third kappa shape index (κ3) is 5.42. The van der Waals surface area contributed by atoms with E-state index in [1.807, 2.05) is 0 Å². The van der Waals surface area contributed by atoms with E-state index in [-0.39, 0.29) is 17.2 Å². The van der Waals surface area contributed by atoms with Crippen LogP contribution in [0.5, 0.6) is 5.75 Å². The molecule has 0 atom stereocenters. The highest BCUT2D eigenvalue weighted by molar-refractivity contribution is 5.94. The van der Waals surface area contributed by atoms with Gasteiger partial charge >= 0.3 is 6.36 Å². The first kappa shape index (κ1) is 17.6. The molecule has 1 N–H and O–H groups in total. The molecule has 1 aliphatic rings. The van der Waals surface area contributed by atoms with E-state index < -0.39 is 6.36 Å². The minimum atomic E-state index is -4.76. The fourth-order valence-electron chi connectivity index (χ4n) is 2.70. The Morgan fingerprint density at radius 3 is 2.65 bits per heavy atom. The molecule has 1 aromatic rings. The average molecular weight is 330 g/mol. The number of nitrogens with zero attached hydrogens (tertiary/aromatic N) is 1. The molecule has 1 fully saturated rings. The zero-order valence-electron chi connectivity index (χ0n) is 13.0. The summed E-state index contributed by atoms with van der Waals surface area (Å²) in [7, 11) is 0. The SMILES string of the molecule is CCNCC1CCN(C(=O)c2cccc(OC(F)(F)F)c2)CC1. The minimum Gasteiger partial charge on any atom is -0.406 e. The molecule has 0 aromatic heterocycles. The number of nitrogens with one attached hydrogen (secondary N) is 1. The summed E-state index contributed by atoms with van der Waals surface area (Å²) in [5.41, 5.74) is 0.219. The van der Waals surface area contributed by atoms with Gasteiger partial charge in [-0.05, 0) is 50.0 Å². The van der Waals surface area contributed by atoms with Crippen molar-refractivity contribution in [3.8, 4) is 5.75 Å². The maximum atomic E-state index is 12.4. The molecular weight excluding hydrogens is 309 g/mol. The van der Waals surface area contributed by atoms with E-state index in [2.05, 4.69) is 17.0 Å². The number of alkyl halides is 3. The monoisotopic (exact) mass is 330 g/mol. The van der Waals surface area contributed by atoms with Gasteiger partial charge in [0.15, 0.2) is 0 Å². The highest BCUT2D eigenvalue weighted by atomic mass is 19.4. The lowest BCUT2D eigenvalue weighted by atomic mass is 9.96. The van der Waals surface area contributed by atoms with Crippen molar-refractivity contribution < 1.29 is 22.7 Å². The largest absolute Gasteiger partial charge is 0.573 e. The maximum Gasteiger partial charge on any atom is 0.573 e. The van der Waals surface area contributed by atoms with Crippen LogP contribution in [0.4, 0.5) is 13.2 Å². The van der Waals surface area contributed by atoms with Crippen molar-refractivity contribution in [1.82, 2.24) is 10.2 Å². The van der Waals surface area contributed by atoms with Gasteiger partial charge in [0, 0.05) is 18.7 Å². The lowest BCUT2D eigenvalue weighted by Crippen LogP contribution is -2.40. The first-order valence-corrected chi connectivity index (χ1v) is 7.75.